The fraction of sp³-hybridized carbons (Fsp3) is 0.300. The van der Waals surface area contributed by atoms with Gasteiger partial charge in [-0.3, -0.25) is 5.41 Å². The quantitative estimate of drug-likeness (QED) is 0.744. The Morgan fingerprint density at radius 1 is 1.43 bits per heavy atom. The molecule has 1 aliphatic rings. The molecule has 0 aromatic heterocycles. The molecule has 0 saturated carbocycles. The lowest BCUT2D eigenvalue weighted by atomic mass is 10.2. The van der Waals surface area contributed by atoms with Crippen LogP contribution in [0.5, 0.6) is 5.75 Å². The molecule has 0 radical (unpaired) electrons. The number of thioether (sulfide) groups is 1. The van der Waals surface area contributed by atoms with Crippen molar-refractivity contribution >= 4 is 22.6 Å². The minimum Gasteiger partial charge on any atom is -0.508 e. The predicted molar refractivity (Wildman–Crippen MR) is 60.3 cm³/mol. The number of hydrogen-bond acceptors (Lipinski definition) is 3. The molecular weight excluding hydrogens is 196 g/mol. The van der Waals surface area contributed by atoms with Crippen LogP contribution in [0.3, 0.4) is 0 Å². The topological polar surface area (TPSA) is 47.3 Å². The highest BCUT2D eigenvalue weighted by Crippen LogP contribution is 2.26. The van der Waals surface area contributed by atoms with Crippen LogP contribution in [0.2, 0.25) is 0 Å². The molecule has 1 aromatic carbocycles. The number of anilines is 1. The molecule has 2 rings (SSSR count). The van der Waals surface area contributed by atoms with E-state index >= 15 is 0 Å². The fourth-order valence-corrected chi connectivity index (χ4v) is 2.30. The van der Waals surface area contributed by atoms with Gasteiger partial charge in [-0.2, -0.15) is 0 Å². The van der Waals surface area contributed by atoms with Gasteiger partial charge in [0.05, 0.1) is 0 Å². The van der Waals surface area contributed by atoms with Crippen LogP contribution in [0, 0.1) is 5.41 Å². The van der Waals surface area contributed by atoms with Gasteiger partial charge in [0.1, 0.15) is 5.75 Å². The molecular formula is C10H12N2OS. The lowest BCUT2D eigenvalue weighted by Gasteiger charge is -2.28. The van der Waals surface area contributed by atoms with E-state index in [2.05, 4.69) is 0 Å². The maximum Gasteiger partial charge on any atom is 0.160 e. The number of phenolic OH excluding ortho intramolecular Hbond substituents is 1. The summed E-state index contributed by atoms with van der Waals surface area (Å²) in [4.78, 5) is 1.92. The van der Waals surface area contributed by atoms with Crippen LogP contribution in [-0.2, 0) is 0 Å². The number of nitrogens with one attached hydrogen (secondary N) is 1. The molecule has 0 atom stereocenters. The molecule has 14 heavy (non-hydrogen) atoms. The smallest absolute Gasteiger partial charge is 0.160 e. The normalized spacial score (nSPS) is 17.1. The molecule has 2 N–H and O–H groups in total. The molecule has 0 amide bonds. The molecule has 3 nitrogen and oxygen atoms in total. The van der Waals surface area contributed by atoms with Gasteiger partial charge in [-0.25, -0.2) is 0 Å². The average molecular weight is 208 g/mol. The highest BCUT2D eigenvalue weighted by atomic mass is 32.2. The van der Waals surface area contributed by atoms with Gasteiger partial charge in [-0.05, 0) is 18.6 Å². The number of amidine groups is 1. The van der Waals surface area contributed by atoms with Crippen molar-refractivity contribution in [3.8, 4) is 5.75 Å². The van der Waals surface area contributed by atoms with Crippen LogP contribution in [0.25, 0.3) is 0 Å². The molecule has 1 saturated heterocycles. The summed E-state index contributed by atoms with van der Waals surface area (Å²) in [6.45, 7) is 0.870. The van der Waals surface area contributed by atoms with Crippen molar-refractivity contribution in [2.75, 3.05) is 17.2 Å². The van der Waals surface area contributed by atoms with E-state index in [0.29, 0.717) is 5.17 Å². The Labute approximate surface area is 87.2 Å². The summed E-state index contributed by atoms with van der Waals surface area (Å²) >= 11 is 1.55. The largest absolute Gasteiger partial charge is 0.508 e. The van der Waals surface area contributed by atoms with E-state index in [1.54, 1.807) is 30.0 Å². The summed E-state index contributed by atoms with van der Waals surface area (Å²) in [7, 11) is 0. The van der Waals surface area contributed by atoms with E-state index in [4.69, 9.17) is 5.41 Å². The first-order chi connectivity index (χ1) is 6.77. The van der Waals surface area contributed by atoms with Gasteiger partial charge in [0, 0.05) is 24.1 Å². The minimum atomic E-state index is 0.255. The first-order valence-corrected chi connectivity index (χ1v) is 5.54. The second-order valence-electron chi connectivity index (χ2n) is 3.18. The third kappa shape index (κ3) is 1.85. The Kier molecular flexibility index (Phi) is 2.63. The van der Waals surface area contributed by atoms with E-state index in [1.807, 2.05) is 11.0 Å². The van der Waals surface area contributed by atoms with Crippen molar-refractivity contribution in [1.29, 1.82) is 5.41 Å². The molecule has 0 bridgehead atoms. The number of phenols is 1. The van der Waals surface area contributed by atoms with E-state index in [1.165, 1.54) is 0 Å². The molecule has 74 valence electrons. The summed E-state index contributed by atoms with van der Waals surface area (Å²) in [5.41, 5.74) is 0.905. The molecule has 1 fully saturated rings. The van der Waals surface area contributed by atoms with Crippen LogP contribution in [0.15, 0.2) is 24.3 Å². The number of rotatable bonds is 1. The Morgan fingerprint density at radius 3 is 3.00 bits per heavy atom. The molecule has 0 spiro atoms. The van der Waals surface area contributed by atoms with Gasteiger partial charge in [-0.1, -0.05) is 17.8 Å². The Morgan fingerprint density at radius 2 is 2.29 bits per heavy atom. The molecule has 0 unspecified atom stereocenters. The lowest BCUT2D eigenvalue weighted by molar-refractivity contribution is 0.475. The van der Waals surface area contributed by atoms with Crippen molar-refractivity contribution in [2.24, 2.45) is 0 Å². The zero-order valence-corrected chi connectivity index (χ0v) is 8.55. The number of aromatic hydroxyl groups is 1. The number of benzene rings is 1. The van der Waals surface area contributed by atoms with E-state index in [-0.39, 0.29) is 5.75 Å². The third-order valence-corrected chi connectivity index (χ3v) is 3.14. The van der Waals surface area contributed by atoms with Gasteiger partial charge in [0.2, 0.25) is 0 Å². The minimum absolute atomic E-state index is 0.255. The third-order valence-electron chi connectivity index (χ3n) is 2.15. The van der Waals surface area contributed by atoms with Crippen molar-refractivity contribution in [2.45, 2.75) is 6.42 Å². The summed E-state index contributed by atoms with van der Waals surface area (Å²) < 4.78 is 0. The number of hydrogen-bond donors (Lipinski definition) is 2. The van der Waals surface area contributed by atoms with Crippen LogP contribution in [0.1, 0.15) is 6.42 Å². The van der Waals surface area contributed by atoms with Crippen molar-refractivity contribution in [1.82, 2.24) is 0 Å². The van der Waals surface area contributed by atoms with Crippen LogP contribution >= 0.6 is 11.8 Å². The average Bonchev–Trinajstić information content (AvgIpc) is 2.18. The summed E-state index contributed by atoms with van der Waals surface area (Å²) in [6.07, 6.45) is 1.09. The zero-order valence-electron chi connectivity index (χ0n) is 7.73. The number of nitrogens with zero attached hydrogens (tertiary/aromatic N) is 1. The summed E-state index contributed by atoms with van der Waals surface area (Å²) in [5.74, 6) is 1.28. The SMILES string of the molecule is N=C1SCCCN1c1cccc(O)c1. The second-order valence-corrected chi connectivity index (χ2v) is 4.26. The fourth-order valence-electron chi connectivity index (χ4n) is 1.48. The van der Waals surface area contributed by atoms with E-state index in [0.717, 1.165) is 24.4 Å². The highest BCUT2D eigenvalue weighted by molar-refractivity contribution is 8.14. The molecule has 4 heteroatoms. The summed E-state index contributed by atoms with van der Waals surface area (Å²) in [5, 5.41) is 17.7. The summed E-state index contributed by atoms with van der Waals surface area (Å²) in [6, 6.07) is 7.06. The predicted octanol–water partition coefficient (Wildman–Crippen LogP) is 2.27. The van der Waals surface area contributed by atoms with Gasteiger partial charge in [0.25, 0.3) is 0 Å². The van der Waals surface area contributed by atoms with Gasteiger partial charge in [-0.15, -0.1) is 0 Å². The van der Waals surface area contributed by atoms with Gasteiger partial charge >= 0.3 is 0 Å². The monoisotopic (exact) mass is 208 g/mol. The standard InChI is InChI=1S/C10H12N2OS/c11-10-12(5-2-6-14-10)8-3-1-4-9(13)7-8/h1,3-4,7,11,13H,2,5-6H2. The highest BCUT2D eigenvalue weighted by Gasteiger charge is 2.17. The molecule has 1 aromatic rings. The van der Waals surface area contributed by atoms with Crippen LogP contribution in [0.4, 0.5) is 5.69 Å². The van der Waals surface area contributed by atoms with Gasteiger partial charge < -0.3 is 10.0 Å². The molecule has 1 aliphatic heterocycles. The first kappa shape index (κ1) is 9.40. The van der Waals surface area contributed by atoms with E-state index in [9.17, 15) is 5.11 Å². The van der Waals surface area contributed by atoms with E-state index < -0.39 is 0 Å². The Balaban J connectivity index is 2.24. The maximum atomic E-state index is 9.33. The van der Waals surface area contributed by atoms with Crippen molar-refractivity contribution < 1.29 is 5.11 Å². The second kappa shape index (κ2) is 3.92. The Hall–Kier alpha value is -1.16. The molecule has 0 aliphatic carbocycles. The van der Waals surface area contributed by atoms with Crippen LogP contribution in [-0.4, -0.2) is 22.6 Å². The maximum absolute atomic E-state index is 9.33. The van der Waals surface area contributed by atoms with Crippen LogP contribution < -0.4 is 4.90 Å². The molecule has 1 heterocycles. The van der Waals surface area contributed by atoms with Crippen molar-refractivity contribution in [3.05, 3.63) is 24.3 Å². The zero-order chi connectivity index (χ0) is 9.97. The Bertz CT molecular complexity index is 354. The lowest BCUT2D eigenvalue weighted by Crippen LogP contribution is -2.33. The van der Waals surface area contributed by atoms with Crippen molar-refractivity contribution in [3.63, 3.8) is 0 Å². The van der Waals surface area contributed by atoms with Gasteiger partial charge in [0.15, 0.2) is 5.17 Å². The first-order valence-electron chi connectivity index (χ1n) is 4.55.